The van der Waals surface area contributed by atoms with Gasteiger partial charge in [0.15, 0.2) is 22.8 Å². The van der Waals surface area contributed by atoms with Crippen molar-refractivity contribution < 1.29 is 104 Å². The number of phosphoric acid groups is 3. The molecule has 0 aromatic carbocycles. The van der Waals surface area contributed by atoms with Crippen LogP contribution in [-0.2, 0) is 50.7 Å². The van der Waals surface area contributed by atoms with E-state index in [4.69, 9.17) is 42.8 Å². The van der Waals surface area contributed by atoms with Gasteiger partial charge in [0.1, 0.15) is 36.3 Å². The van der Waals surface area contributed by atoms with Gasteiger partial charge in [0.2, 0.25) is 11.8 Å². The highest BCUT2D eigenvalue weighted by molar-refractivity contribution is 8.13. The largest absolute Gasteiger partial charge is 0.481 e. The van der Waals surface area contributed by atoms with Crippen molar-refractivity contribution in [2.75, 3.05) is 37.8 Å². The maximum absolute atomic E-state index is 12.9. The summed E-state index contributed by atoms with van der Waals surface area (Å²) in [5, 5.41) is 24.1. The highest BCUT2D eigenvalue weighted by Gasteiger charge is 2.50. The molecule has 2 aromatic heterocycles. The van der Waals surface area contributed by atoms with Gasteiger partial charge in [-0.15, -0.1) is 0 Å². The lowest BCUT2D eigenvalue weighted by molar-refractivity contribution is -0.137. The number of aromatic nitrogens is 4. The fraction of sp³-hybridized carbons (Fsp3) is 0.733. The topological polar surface area (TPSA) is 364 Å². The van der Waals surface area contributed by atoms with Crippen molar-refractivity contribution >= 4 is 69.1 Å². The van der Waals surface area contributed by atoms with Crippen LogP contribution < -0.4 is 16.4 Å². The summed E-state index contributed by atoms with van der Waals surface area (Å²) in [7, 11) is -16.8. The predicted molar refractivity (Wildman–Crippen MR) is 205 cm³/mol. The first-order chi connectivity index (χ1) is 33.5. The van der Waals surface area contributed by atoms with E-state index in [1.165, 1.54) is 0 Å². The number of fused-ring (bicyclic) bond motifs is 1. The van der Waals surface area contributed by atoms with E-state index in [1.807, 2.05) is 0 Å². The van der Waals surface area contributed by atoms with Crippen molar-refractivity contribution in [3.63, 3.8) is 0 Å². The van der Waals surface area contributed by atoms with Crippen LogP contribution in [0.25, 0.3) is 11.2 Å². The number of ether oxygens (including phenoxy) is 1. The van der Waals surface area contributed by atoms with Crippen molar-refractivity contribution in [2.45, 2.75) is 102 Å². The van der Waals surface area contributed by atoms with E-state index in [1.54, 1.807) is 0 Å². The molecule has 0 radical (unpaired) electrons. The van der Waals surface area contributed by atoms with Crippen LogP contribution in [0.1, 0.15) is 101 Å². The van der Waals surface area contributed by atoms with Crippen LogP contribution in [-0.4, -0.2) is 123 Å². The van der Waals surface area contributed by atoms with E-state index >= 15 is 0 Å². The second-order valence-electron chi connectivity index (χ2n) is 12.1. The van der Waals surface area contributed by atoms with Gasteiger partial charge >= 0.3 is 23.5 Å². The molecule has 330 valence electrons. The van der Waals surface area contributed by atoms with Gasteiger partial charge in [0.25, 0.3) is 0 Å². The molecule has 1 aliphatic rings. The van der Waals surface area contributed by atoms with Crippen LogP contribution in [0, 0.1) is 5.41 Å². The molecule has 10 N–H and O–H groups in total. The zero-order valence-electron chi connectivity index (χ0n) is 47.1. The zero-order chi connectivity index (χ0) is 58.4. The molecule has 24 nitrogen and oxygen atoms in total. The number of carbonyl (C=O) groups is 3. The van der Waals surface area contributed by atoms with Crippen LogP contribution in [0.3, 0.4) is 0 Å². The molecule has 58 heavy (non-hydrogen) atoms. The molecule has 2 aromatic rings. The second-order valence-corrected chi connectivity index (χ2v) is 17.4. The minimum atomic E-state index is -5.70. The maximum Gasteiger partial charge on any atom is 0.481 e. The molecule has 2 unspecified atom stereocenters. The Balaban J connectivity index is 1.51. The smallest absolute Gasteiger partial charge is 0.386 e. The quantitative estimate of drug-likeness (QED) is 0.0476. The predicted octanol–water partition coefficient (Wildman–Crippen LogP) is 1.42. The Morgan fingerprint density at radius 2 is 1.74 bits per heavy atom. The molecule has 7 atom stereocenters. The van der Waals surface area contributed by atoms with E-state index in [2.05, 4.69) is 34.4 Å². The van der Waals surface area contributed by atoms with Gasteiger partial charge in [-0.05, 0) is 6.37 Å². The summed E-state index contributed by atoms with van der Waals surface area (Å²) in [5.41, 5.74) is 3.94. The molecule has 2 amide bonds. The lowest BCUT2D eigenvalue weighted by Crippen LogP contribution is -2.46. The van der Waals surface area contributed by atoms with Crippen molar-refractivity contribution in [3.05, 3.63) is 12.7 Å². The van der Waals surface area contributed by atoms with Crippen LogP contribution in [0.4, 0.5) is 5.82 Å². The average molecular weight is 925 g/mol. The third kappa shape index (κ3) is 16.2. The Hall–Kier alpha value is -2.44. The third-order valence-electron chi connectivity index (χ3n) is 7.21. The molecule has 1 fully saturated rings. The maximum atomic E-state index is 12.9. The normalized spacial score (nSPS) is 27.6. The summed E-state index contributed by atoms with van der Waals surface area (Å²) >= 11 is -0.0549. The lowest BCUT2D eigenvalue weighted by Gasteiger charge is -2.30. The minimum Gasteiger partial charge on any atom is -0.386 e. The number of phosphoric ester groups is 3. The number of nitrogen functional groups attached to an aromatic ring is 1. The van der Waals surface area contributed by atoms with E-state index in [-0.39, 0.29) is 28.7 Å². The molecular formula is C30H52N7O17P3S. The van der Waals surface area contributed by atoms with Gasteiger partial charge in [0.05, 0.1) is 19.5 Å². The van der Waals surface area contributed by atoms with Crippen LogP contribution in [0.15, 0.2) is 12.7 Å². The molecule has 0 saturated carbocycles. The molecule has 1 saturated heterocycles. The summed E-state index contributed by atoms with van der Waals surface area (Å²) < 4.78 is 196. The summed E-state index contributed by atoms with van der Waals surface area (Å²) in [6.45, 7) is -5.02. The third-order valence-corrected chi connectivity index (χ3v) is 11.1. The molecule has 0 bridgehead atoms. The number of amides is 2. The number of hydrogen-bond acceptors (Lipinski definition) is 18. The van der Waals surface area contributed by atoms with Crippen LogP contribution in [0.5, 0.6) is 0 Å². The second kappa shape index (κ2) is 22.4. The number of nitrogens with two attached hydrogens (primary N) is 1. The van der Waals surface area contributed by atoms with Crippen molar-refractivity contribution in [3.8, 4) is 0 Å². The fourth-order valence-electron chi connectivity index (χ4n) is 4.52. The molecule has 3 heterocycles. The molecule has 0 aliphatic carbocycles. The highest BCUT2D eigenvalue weighted by atomic mass is 32.2. The van der Waals surface area contributed by atoms with Crippen LogP contribution in [0.2, 0.25) is 0 Å². The first-order valence-corrected chi connectivity index (χ1v) is 21.5. The van der Waals surface area contributed by atoms with Gasteiger partial charge in [-0.25, -0.2) is 28.6 Å². The number of nitrogens with one attached hydrogen (secondary N) is 2. The van der Waals surface area contributed by atoms with Crippen molar-refractivity contribution in [1.82, 2.24) is 30.2 Å². The first kappa shape index (κ1) is 29.8. The highest BCUT2D eigenvalue weighted by Crippen LogP contribution is 2.61. The molecule has 0 spiro atoms. The van der Waals surface area contributed by atoms with Crippen molar-refractivity contribution in [2.24, 2.45) is 5.41 Å². The number of nitrogens with zero attached hydrogens (tertiary/aromatic N) is 4. The standard InChI is InChI=1S/C30H52N7O17P3S/c1-4-5-6-7-8-9-10-21(39)58-14-13-32-20(38)11-12-33-28(42)25(41)30(2,3)16-51-57(48,49)54-56(46,47)50-15-19-24(53-55(43,44)45)23(40)29(52-19)37-18-36-22-26(31)34-17-35-27(22)37/h17-19,23-25,29,40-41H,4-16H2,1-3H3,(H,32,38)(H,33,42)(H,46,47)(H,48,49)(H2,31,34,35)(H2,43,44,45)/t19-,23-,24-,25+,29-/m1/s1/i1D3,4D2,5D2,6D2,7D2,8D2,9D2,10D2. The summed E-state index contributed by atoms with van der Waals surface area (Å²) in [6, 6.07) is 0. The van der Waals surface area contributed by atoms with Gasteiger partial charge in [-0.3, -0.25) is 32.5 Å². The van der Waals surface area contributed by atoms with Gasteiger partial charge in [-0.1, -0.05) is 64.3 Å². The number of anilines is 1. The molecule has 3 rings (SSSR count). The molecule has 28 heteroatoms. The number of carbonyl (C=O) groups excluding carboxylic acids is 3. The first-order valence-electron chi connectivity index (χ1n) is 24.5. The van der Waals surface area contributed by atoms with Gasteiger partial charge in [-0.2, -0.15) is 4.31 Å². The van der Waals surface area contributed by atoms with E-state index in [0.29, 0.717) is 0 Å². The summed E-state index contributed by atoms with van der Waals surface area (Å²) in [6.07, 6.45) is -38.7. The zero-order valence-corrected chi connectivity index (χ0v) is 33.6. The van der Waals surface area contributed by atoms with Crippen molar-refractivity contribution in [1.29, 1.82) is 0 Å². The number of imidazole rings is 1. The van der Waals surface area contributed by atoms with Gasteiger partial charge < -0.3 is 50.9 Å². The average Bonchev–Trinajstić information content (AvgIpc) is 3.82. The Bertz CT molecular complexity index is 2570. The monoisotopic (exact) mass is 924 g/mol. The SMILES string of the molecule is [2H]C([2H])([2H])C([2H])([2H])C([2H])([2H])C([2H])([2H])C([2H])([2H])C([2H])([2H])C([2H])([2H])C([2H])([2H])C(=O)SCCNC(=O)CCNC(=O)[C@H](O)C(C)(C)COP(=O)(O)OP(=O)(O)OC[C@H]1O[C@@H](n2cnc3c(N)ncnc32)[C@H](O)[C@@H]1OP(=O)(O)O. The minimum absolute atomic E-state index is 0.0282. The van der Waals surface area contributed by atoms with Gasteiger partial charge in [0, 0.05) is 60.4 Å². The Morgan fingerprint density at radius 3 is 2.45 bits per heavy atom. The number of rotatable bonds is 26. The lowest BCUT2D eigenvalue weighted by atomic mass is 9.87. The summed E-state index contributed by atoms with van der Waals surface area (Å²) in [4.78, 5) is 89.0. The molecular weight excluding hydrogens is 855 g/mol. The van der Waals surface area contributed by atoms with E-state index < -0.39 is 166 Å². The number of aliphatic hydroxyl groups is 2. The Kier molecular flexibility index (Phi) is 11.5. The number of aliphatic hydroxyl groups excluding tert-OH is 2. The Morgan fingerprint density at radius 1 is 1.05 bits per heavy atom. The van der Waals surface area contributed by atoms with E-state index in [0.717, 1.165) is 31.1 Å². The fourth-order valence-corrected chi connectivity index (χ4v) is 7.86. The van der Waals surface area contributed by atoms with Crippen LogP contribution >= 0.6 is 35.2 Å². The summed E-state index contributed by atoms with van der Waals surface area (Å²) in [5.74, 6) is -2.73. The molecule has 1 aliphatic heterocycles. The number of hydrogen-bond donors (Lipinski definition) is 9. The number of thioether (sulfide) groups is 1. The Labute approximate surface area is 361 Å². The van der Waals surface area contributed by atoms with E-state index in [9.17, 15) is 57.9 Å².